The van der Waals surface area contributed by atoms with Crippen LogP contribution in [0.2, 0.25) is 0 Å². The Labute approximate surface area is 326 Å². The maximum atomic E-state index is 6.22. The van der Waals surface area contributed by atoms with Gasteiger partial charge in [0.05, 0.1) is 22.1 Å². The highest BCUT2D eigenvalue weighted by Gasteiger charge is 2.20. The van der Waals surface area contributed by atoms with Crippen LogP contribution in [0.3, 0.4) is 0 Å². The van der Waals surface area contributed by atoms with E-state index in [1.807, 2.05) is 72.8 Å². The molecule has 0 radical (unpaired) electrons. The van der Waals surface area contributed by atoms with Crippen molar-refractivity contribution in [1.82, 2.24) is 24.1 Å². The maximum absolute atomic E-state index is 6.22. The lowest BCUT2D eigenvalue weighted by molar-refractivity contribution is 0.669. The third-order valence-electron chi connectivity index (χ3n) is 11.1. The summed E-state index contributed by atoms with van der Waals surface area (Å²) in [6, 6.07) is 65.7. The molecule has 12 rings (SSSR count). The third kappa shape index (κ3) is 4.94. The van der Waals surface area contributed by atoms with Gasteiger partial charge in [-0.05, 0) is 60.7 Å². The van der Waals surface area contributed by atoms with Crippen LogP contribution < -0.4 is 0 Å². The zero-order valence-electron chi connectivity index (χ0n) is 30.5. The predicted molar refractivity (Wildman–Crippen MR) is 232 cm³/mol. The Kier molecular flexibility index (Phi) is 6.83. The van der Waals surface area contributed by atoms with E-state index in [2.05, 4.69) is 124 Å². The molecule has 0 atom stereocenters. The molecule has 0 bridgehead atoms. The number of furan rings is 1. The quantitative estimate of drug-likeness (QED) is 0.177. The van der Waals surface area contributed by atoms with Crippen LogP contribution in [0.15, 0.2) is 192 Å². The number of benzene rings is 8. The Morgan fingerprint density at radius 2 is 0.772 bits per heavy atom. The lowest BCUT2D eigenvalue weighted by Gasteiger charge is -2.12. The molecule has 0 aliphatic rings. The van der Waals surface area contributed by atoms with Gasteiger partial charge in [0.1, 0.15) is 11.2 Å². The van der Waals surface area contributed by atoms with Gasteiger partial charge in [-0.25, -0.2) is 15.0 Å². The number of hydrogen-bond donors (Lipinski definition) is 0. The van der Waals surface area contributed by atoms with Crippen molar-refractivity contribution in [3.63, 3.8) is 0 Å². The second-order valence-corrected chi connectivity index (χ2v) is 14.5. The van der Waals surface area contributed by atoms with Gasteiger partial charge in [0.15, 0.2) is 17.5 Å². The highest BCUT2D eigenvalue weighted by Crippen LogP contribution is 2.41. The molecule has 266 valence electrons. The minimum Gasteiger partial charge on any atom is -0.456 e. The van der Waals surface area contributed by atoms with Crippen molar-refractivity contribution in [1.29, 1.82) is 0 Å². The second kappa shape index (κ2) is 12.3. The second-order valence-electron chi connectivity index (χ2n) is 14.5. The number of para-hydroxylation sites is 3. The van der Waals surface area contributed by atoms with Crippen LogP contribution in [-0.2, 0) is 0 Å². The normalized spacial score (nSPS) is 11.9. The Bertz CT molecular complexity index is 3470. The average molecular weight is 730 g/mol. The largest absolute Gasteiger partial charge is 0.456 e. The Hall–Kier alpha value is -7.83. The molecule has 6 heteroatoms. The first-order chi connectivity index (χ1) is 28.2. The first-order valence-electron chi connectivity index (χ1n) is 19.1. The molecule has 0 unspecified atom stereocenters. The average Bonchev–Trinajstić information content (AvgIpc) is 3.93. The molecule has 57 heavy (non-hydrogen) atoms. The molecule has 0 aliphatic heterocycles. The van der Waals surface area contributed by atoms with E-state index in [9.17, 15) is 0 Å². The smallest absolute Gasteiger partial charge is 0.164 e. The monoisotopic (exact) mass is 729 g/mol. The zero-order chi connectivity index (χ0) is 37.5. The highest BCUT2D eigenvalue weighted by atomic mass is 16.3. The summed E-state index contributed by atoms with van der Waals surface area (Å²) in [5.41, 5.74) is 11.3. The number of aromatic nitrogens is 5. The Morgan fingerprint density at radius 3 is 1.39 bits per heavy atom. The summed E-state index contributed by atoms with van der Waals surface area (Å²) in [7, 11) is 0. The van der Waals surface area contributed by atoms with Gasteiger partial charge in [0, 0.05) is 60.4 Å². The molecule has 0 saturated heterocycles. The van der Waals surface area contributed by atoms with Gasteiger partial charge in [-0.2, -0.15) is 0 Å². The SMILES string of the molecule is c1ccc(-c2nc(-c3ccccc3)nc(-c3cccc(-n4c5ccccc5c5cc6c(cc54)c4ccccc4n6-c4ccc5oc6ccccc6c5c4)c3)n2)cc1. The molecule has 0 saturated carbocycles. The summed E-state index contributed by atoms with van der Waals surface area (Å²) >= 11 is 0. The molecule has 0 fully saturated rings. The van der Waals surface area contributed by atoms with Crippen molar-refractivity contribution in [2.24, 2.45) is 0 Å². The van der Waals surface area contributed by atoms with E-state index in [4.69, 9.17) is 19.4 Å². The number of rotatable bonds is 5. The molecule has 8 aromatic carbocycles. The summed E-state index contributed by atoms with van der Waals surface area (Å²) in [6.45, 7) is 0. The Balaban J connectivity index is 1.08. The fourth-order valence-corrected chi connectivity index (χ4v) is 8.56. The fraction of sp³-hybridized carbons (Fsp3) is 0. The van der Waals surface area contributed by atoms with E-state index in [1.54, 1.807) is 0 Å². The molecular weight excluding hydrogens is 699 g/mol. The maximum Gasteiger partial charge on any atom is 0.164 e. The molecule has 0 aliphatic carbocycles. The summed E-state index contributed by atoms with van der Waals surface area (Å²) in [6.07, 6.45) is 0. The molecule has 4 aromatic heterocycles. The standard InChI is InChI=1S/C51H31N5O/c1-3-14-32(15-4-1)49-52-50(33-16-5-2-6-17-33)54-51(53-49)34-18-13-19-35(28-34)55-43-23-10-7-20-37(43)40-31-46-41(30-45(40)55)38-21-8-11-24-44(38)56(46)36-26-27-48-42(29-36)39-22-9-12-25-47(39)57-48/h1-31H. The number of nitrogens with zero attached hydrogens (tertiary/aromatic N) is 5. The Morgan fingerprint density at radius 1 is 0.298 bits per heavy atom. The number of hydrogen-bond acceptors (Lipinski definition) is 4. The number of fused-ring (bicyclic) bond motifs is 9. The van der Waals surface area contributed by atoms with Crippen molar-refractivity contribution in [3.8, 4) is 45.5 Å². The lowest BCUT2D eigenvalue weighted by Crippen LogP contribution is -2.01. The highest BCUT2D eigenvalue weighted by molar-refractivity contribution is 6.19. The predicted octanol–water partition coefficient (Wildman–Crippen LogP) is 13.0. The molecule has 4 heterocycles. The summed E-state index contributed by atoms with van der Waals surface area (Å²) in [5.74, 6) is 1.90. The lowest BCUT2D eigenvalue weighted by atomic mass is 10.1. The molecule has 0 spiro atoms. The van der Waals surface area contributed by atoms with Crippen LogP contribution in [0.4, 0.5) is 0 Å². The van der Waals surface area contributed by atoms with Gasteiger partial charge in [0.25, 0.3) is 0 Å². The minimum atomic E-state index is 0.623. The minimum absolute atomic E-state index is 0.623. The van der Waals surface area contributed by atoms with Crippen molar-refractivity contribution in [2.75, 3.05) is 0 Å². The van der Waals surface area contributed by atoms with E-state index in [-0.39, 0.29) is 0 Å². The first-order valence-corrected chi connectivity index (χ1v) is 19.1. The van der Waals surface area contributed by atoms with Gasteiger partial charge < -0.3 is 13.6 Å². The third-order valence-corrected chi connectivity index (χ3v) is 11.1. The van der Waals surface area contributed by atoms with Crippen molar-refractivity contribution >= 4 is 65.6 Å². The van der Waals surface area contributed by atoms with Crippen LogP contribution >= 0.6 is 0 Å². The van der Waals surface area contributed by atoms with E-state index >= 15 is 0 Å². The molecule has 0 amide bonds. The summed E-state index contributed by atoms with van der Waals surface area (Å²) < 4.78 is 11.0. The molecule has 6 nitrogen and oxygen atoms in total. The zero-order valence-corrected chi connectivity index (χ0v) is 30.5. The van der Waals surface area contributed by atoms with Gasteiger partial charge in [-0.1, -0.05) is 127 Å². The van der Waals surface area contributed by atoms with Crippen molar-refractivity contribution in [3.05, 3.63) is 188 Å². The van der Waals surface area contributed by atoms with Crippen LogP contribution in [0.25, 0.3) is 111 Å². The van der Waals surface area contributed by atoms with E-state index in [0.29, 0.717) is 17.5 Å². The topological polar surface area (TPSA) is 61.7 Å². The first kappa shape index (κ1) is 31.5. The van der Waals surface area contributed by atoms with Crippen LogP contribution in [0, 0.1) is 0 Å². The fourth-order valence-electron chi connectivity index (χ4n) is 8.56. The van der Waals surface area contributed by atoms with Crippen LogP contribution in [0.1, 0.15) is 0 Å². The van der Waals surface area contributed by atoms with Crippen molar-refractivity contribution in [2.45, 2.75) is 0 Å². The van der Waals surface area contributed by atoms with Crippen LogP contribution in [0.5, 0.6) is 0 Å². The van der Waals surface area contributed by atoms with Crippen LogP contribution in [-0.4, -0.2) is 24.1 Å². The summed E-state index contributed by atoms with van der Waals surface area (Å²) in [5, 5.41) is 6.98. The van der Waals surface area contributed by atoms with Crippen molar-refractivity contribution < 1.29 is 4.42 Å². The summed E-state index contributed by atoms with van der Waals surface area (Å²) in [4.78, 5) is 15.0. The van der Waals surface area contributed by atoms with E-state index in [0.717, 1.165) is 72.1 Å². The van der Waals surface area contributed by atoms with E-state index in [1.165, 1.54) is 21.5 Å². The van der Waals surface area contributed by atoms with E-state index < -0.39 is 0 Å². The molecule has 12 aromatic rings. The molecular formula is C51H31N5O. The van der Waals surface area contributed by atoms with Gasteiger partial charge in [0.2, 0.25) is 0 Å². The van der Waals surface area contributed by atoms with Gasteiger partial charge >= 0.3 is 0 Å². The van der Waals surface area contributed by atoms with Gasteiger partial charge in [-0.3, -0.25) is 0 Å². The molecule has 0 N–H and O–H groups in total. The van der Waals surface area contributed by atoms with Gasteiger partial charge in [-0.15, -0.1) is 0 Å².